The molecule has 2 nitrogen and oxygen atoms in total. The predicted molar refractivity (Wildman–Crippen MR) is 78.5 cm³/mol. The Balaban J connectivity index is 1.92. The van der Waals surface area contributed by atoms with Gasteiger partial charge in [-0.25, -0.2) is 0 Å². The molecule has 2 unspecified atom stereocenters. The van der Waals surface area contributed by atoms with E-state index in [2.05, 4.69) is 15.9 Å². The Hall–Kier alpha value is -1.03. The molecule has 0 saturated carbocycles. The van der Waals surface area contributed by atoms with Crippen LogP contribution in [-0.4, -0.2) is 5.11 Å². The van der Waals surface area contributed by atoms with E-state index < -0.39 is 6.10 Å². The Morgan fingerprint density at radius 2 is 1.89 bits per heavy atom. The fourth-order valence-electron chi connectivity index (χ4n) is 2.30. The Morgan fingerprint density at radius 1 is 1.16 bits per heavy atom. The molecule has 0 radical (unpaired) electrons. The van der Waals surface area contributed by atoms with E-state index in [1.54, 1.807) is 12.1 Å². The first kappa shape index (κ1) is 13.0. The zero-order valence-electron chi connectivity index (χ0n) is 10.0. The third-order valence-electron chi connectivity index (χ3n) is 3.28. The second-order valence-corrected chi connectivity index (χ2v) is 5.94. The Labute approximate surface area is 125 Å². The van der Waals surface area contributed by atoms with Crippen molar-refractivity contribution >= 4 is 27.5 Å². The summed E-state index contributed by atoms with van der Waals surface area (Å²) in [5, 5.41) is 10.8. The minimum Gasteiger partial charge on any atom is -0.485 e. The van der Waals surface area contributed by atoms with Gasteiger partial charge in [-0.1, -0.05) is 39.7 Å². The number of aliphatic hydroxyl groups is 1. The Bertz CT molecular complexity index is 598. The second-order valence-electron chi connectivity index (χ2n) is 4.59. The number of fused-ring (bicyclic) bond motifs is 1. The minimum absolute atomic E-state index is 0.128. The molecule has 2 aromatic rings. The zero-order chi connectivity index (χ0) is 13.4. The molecule has 0 spiro atoms. The highest BCUT2D eigenvalue weighted by Gasteiger charge is 2.28. The summed E-state index contributed by atoms with van der Waals surface area (Å²) in [7, 11) is 0. The van der Waals surface area contributed by atoms with Crippen LogP contribution in [0.15, 0.2) is 46.9 Å². The third kappa shape index (κ3) is 2.64. The molecule has 2 atom stereocenters. The van der Waals surface area contributed by atoms with Gasteiger partial charge in [0.1, 0.15) is 11.9 Å². The second kappa shape index (κ2) is 5.16. The van der Waals surface area contributed by atoms with Gasteiger partial charge in [0.05, 0.1) is 6.10 Å². The van der Waals surface area contributed by atoms with Crippen molar-refractivity contribution in [2.24, 2.45) is 0 Å². The third-order valence-corrected chi connectivity index (χ3v) is 4.04. The van der Waals surface area contributed by atoms with E-state index in [9.17, 15) is 5.11 Å². The summed E-state index contributed by atoms with van der Waals surface area (Å²) in [5.41, 5.74) is 1.82. The predicted octanol–water partition coefficient (Wildman–Crippen LogP) is 4.66. The van der Waals surface area contributed by atoms with E-state index >= 15 is 0 Å². The molecule has 3 rings (SSSR count). The van der Waals surface area contributed by atoms with Crippen molar-refractivity contribution in [3.8, 4) is 5.75 Å². The summed E-state index contributed by atoms with van der Waals surface area (Å²) in [4.78, 5) is 0. The van der Waals surface area contributed by atoms with Gasteiger partial charge < -0.3 is 9.84 Å². The molecule has 0 saturated heterocycles. The van der Waals surface area contributed by atoms with Gasteiger partial charge in [-0.2, -0.15) is 0 Å². The number of ether oxygens (including phenoxy) is 1. The van der Waals surface area contributed by atoms with E-state index in [4.69, 9.17) is 16.3 Å². The van der Waals surface area contributed by atoms with Crippen molar-refractivity contribution in [3.63, 3.8) is 0 Å². The van der Waals surface area contributed by atoms with E-state index in [0.717, 1.165) is 15.6 Å². The molecule has 2 aromatic carbocycles. The van der Waals surface area contributed by atoms with Crippen molar-refractivity contribution in [2.75, 3.05) is 0 Å². The van der Waals surface area contributed by atoms with Crippen LogP contribution >= 0.6 is 27.5 Å². The monoisotopic (exact) mass is 338 g/mol. The first-order valence-corrected chi connectivity index (χ1v) is 7.20. The zero-order valence-corrected chi connectivity index (χ0v) is 12.4. The first-order chi connectivity index (χ1) is 9.13. The van der Waals surface area contributed by atoms with Gasteiger partial charge in [-0.05, 0) is 35.9 Å². The van der Waals surface area contributed by atoms with Crippen LogP contribution in [-0.2, 0) is 0 Å². The van der Waals surface area contributed by atoms with Gasteiger partial charge in [0.15, 0.2) is 0 Å². The quantitative estimate of drug-likeness (QED) is 0.819. The lowest BCUT2D eigenvalue weighted by Gasteiger charge is -2.30. The van der Waals surface area contributed by atoms with Crippen molar-refractivity contribution in [1.82, 2.24) is 0 Å². The molecule has 0 amide bonds. The summed E-state index contributed by atoms with van der Waals surface area (Å²) in [6.45, 7) is 0. The minimum atomic E-state index is -0.545. The summed E-state index contributed by atoms with van der Waals surface area (Å²) in [6.07, 6.45) is -0.137. The molecule has 0 aromatic heterocycles. The lowest BCUT2D eigenvalue weighted by atomic mass is 9.95. The normalized spacial score (nSPS) is 21.6. The summed E-state index contributed by atoms with van der Waals surface area (Å²) in [6, 6.07) is 13.3. The van der Waals surface area contributed by atoms with E-state index in [1.165, 1.54) is 0 Å². The highest BCUT2D eigenvalue weighted by molar-refractivity contribution is 9.10. The van der Waals surface area contributed by atoms with Gasteiger partial charge in [0.25, 0.3) is 0 Å². The van der Waals surface area contributed by atoms with Crippen LogP contribution in [0.4, 0.5) is 0 Å². The van der Waals surface area contributed by atoms with Crippen molar-refractivity contribution in [3.05, 3.63) is 63.1 Å². The largest absolute Gasteiger partial charge is 0.485 e. The standard InChI is InChI=1S/C15H12BrClO2/c16-10-3-1-9(2-4-10)15-8-13(18)12-7-11(17)5-6-14(12)19-15/h1-7,13,15,18H,8H2. The molecule has 0 bridgehead atoms. The molecule has 98 valence electrons. The maximum absolute atomic E-state index is 10.2. The van der Waals surface area contributed by atoms with E-state index in [0.29, 0.717) is 17.2 Å². The van der Waals surface area contributed by atoms with E-state index in [1.807, 2.05) is 30.3 Å². The summed E-state index contributed by atoms with van der Waals surface area (Å²) < 4.78 is 6.98. The summed E-state index contributed by atoms with van der Waals surface area (Å²) in [5.74, 6) is 0.705. The number of hydrogen-bond donors (Lipinski definition) is 1. The number of benzene rings is 2. The molecule has 1 heterocycles. The van der Waals surface area contributed by atoms with Gasteiger partial charge in [0.2, 0.25) is 0 Å². The Morgan fingerprint density at radius 3 is 2.63 bits per heavy atom. The number of aliphatic hydroxyl groups excluding tert-OH is 1. The van der Waals surface area contributed by atoms with E-state index in [-0.39, 0.29) is 6.10 Å². The van der Waals surface area contributed by atoms with Crippen molar-refractivity contribution in [1.29, 1.82) is 0 Å². The molecule has 4 heteroatoms. The number of halogens is 2. The Kier molecular flexibility index (Phi) is 3.52. The van der Waals surface area contributed by atoms with Crippen LogP contribution in [0.25, 0.3) is 0 Å². The lowest BCUT2D eigenvalue weighted by molar-refractivity contribution is 0.0657. The van der Waals surface area contributed by atoms with Crippen LogP contribution in [0.1, 0.15) is 29.8 Å². The van der Waals surface area contributed by atoms with Crippen LogP contribution in [0.5, 0.6) is 5.75 Å². The van der Waals surface area contributed by atoms with Gasteiger partial charge in [0, 0.05) is 21.5 Å². The topological polar surface area (TPSA) is 29.5 Å². The average molecular weight is 340 g/mol. The van der Waals surface area contributed by atoms with Crippen LogP contribution in [0, 0.1) is 0 Å². The molecule has 1 aliphatic rings. The van der Waals surface area contributed by atoms with Gasteiger partial charge in [-0.15, -0.1) is 0 Å². The van der Waals surface area contributed by atoms with Crippen LogP contribution < -0.4 is 4.74 Å². The smallest absolute Gasteiger partial charge is 0.127 e. The van der Waals surface area contributed by atoms with Gasteiger partial charge in [-0.3, -0.25) is 0 Å². The van der Waals surface area contributed by atoms with Crippen molar-refractivity contribution < 1.29 is 9.84 Å². The maximum Gasteiger partial charge on any atom is 0.127 e. The number of hydrogen-bond acceptors (Lipinski definition) is 2. The molecule has 0 fully saturated rings. The fraction of sp³-hybridized carbons (Fsp3) is 0.200. The average Bonchev–Trinajstić information content (AvgIpc) is 2.40. The maximum atomic E-state index is 10.2. The fourth-order valence-corrected chi connectivity index (χ4v) is 2.74. The highest BCUT2D eigenvalue weighted by atomic mass is 79.9. The molecule has 19 heavy (non-hydrogen) atoms. The molecule has 1 N–H and O–H groups in total. The van der Waals surface area contributed by atoms with Crippen molar-refractivity contribution in [2.45, 2.75) is 18.6 Å². The van der Waals surface area contributed by atoms with Crippen LogP contribution in [0.3, 0.4) is 0 Å². The molecule has 1 aliphatic heterocycles. The lowest BCUT2D eigenvalue weighted by Crippen LogP contribution is -2.18. The molecular weight excluding hydrogens is 328 g/mol. The highest BCUT2D eigenvalue weighted by Crippen LogP contribution is 2.41. The number of rotatable bonds is 1. The molecular formula is C15H12BrClO2. The summed E-state index contributed by atoms with van der Waals surface area (Å²) >= 11 is 9.35. The SMILES string of the molecule is OC1CC(c2ccc(Br)cc2)Oc2ccc(Cl)cc21. The first-order valence-electron chi connectivity index (χ1n) is 6.03. The molecule has 0 aliphatic carbocycles. The van der Waals surface area contributed by atoms with Crippen LogP contribution in [0.2, 0.25) is 5.02 Å². The van der Waals surface area contributed by atoms with Gasteiger partial charge >= 0.3 is 0 Å².